The Morgan fingerprint density at radius 3 is 2.65 bits per heavy atom. The van der Waals surface area contributed by atoms with Crippen molar-refractivity contribution in [2.45, 2.75) is 6.54 Å². The van der Waals surface area contributed by atoms with E-state index in [9.17, 15) is 27.5 Å². The molecule has 2 heterocycles. The van der Waals surface area contributed by atoms with Crippen molar-refractivity contribution in [3.8, 4) is 5.75 Å². The summed E-state index contributed by atoms with van der Waals surface area (Å²) in [5, 5.41) is 13.3. The van der Waals surface area contributed by atoms with Crippen molar-refractivity contribution >= 4 is 54.1 Å². The third-order valence-corrected chi connectivity index (χ3v) is 6.32. The monoisotopic (exact) mass is 508 g/mol. The van der Waals surface area contributed by atoms with Gasteiger partial charge in [0.25, 0.3) is 0 Å². The number of fused-ring (bicyclic) bond motifs is 1. The van der Waals surface area contributed by atoms with Crippen LogP contribution in [0.1, 0.15) is 26.4 Å². The molecule has 0 fully saturated rings. The fourth-order valence-corrected chi connectivity index (χ4v) is 3.87. The van der Waals surface area contributed by atoms with E-state index < -0.39 is 33.2 Å². The molecule has 1 aromatic carbocycles. The van der Waals surface area contributed by atoms with E-state index in [-0.39, 0.29) is 33.4 Å². The summed E-state index contributed by atoms with van der Waals surface area (Å²) in [7, 11) is -2.45. The van der Waals surface area contributed by atoms with Crippen molar-refractivity contribution in [1.29, 1.82) is 0 Å². The summed E-state index contributed by atoms with van der Waals surface area (Å²) in [5.41, 5.74) is 0.0839. The molecule has 1 unspecified atom stereocenters. The van der Waals surface area contributed by atoms with Crippen molar-refractivity contribution in [3.63, 3.8) is 0 Å². The number of aromatic hydroxyl groups is 1. The van der Waals surface area contributed by atoms with Gasteiger partial charge in [-0.25, -0.2) is 0 Å². The number of hydrogen-bond donors (Lipinski definition) is 2. The molecule has 3 rings (SSSR count). The van der Waals surface area contributed by atoms with Crippen molar-refractivity contribution < 1.29 is 27.5 Å². The van der Waals surface area contributed by atoms with E-state index in [0.717, 1.165) is 39.5 Å². The van der Waals surface area contributed by atoms with E-state index >= 15 is 0 Å². The SMILES string of the molecule is CN(c1nc(C(=O)NCc2ccc(F)cc2C(=O)[AsH2])c(O)c2ncccc12)S(C)(=O)=O. The summed E-state index contributed by atoms with van der Waals surface area (Å²) in [6.07, 6.45) is 2.36. The molecular formula is C19H18AsFN4O5S. The number of pyridine rings is 2. The zero-order valence-electron chi connectivity index (χ0n) is 16.5. The van der Waals surface area contributed by atoms with Gasteiger partial charge in [-0.1, -0.05) is 0 Å². The Labute approximate surface area is 185 Å². The number of carbonyl (C=O) groups excluding carboxylic acids is 2. The number of sulfonamides is 1. The second-order valence-corrected chi connectivity index (χ2v) is 9.73. The first kappa shape index (κ1) is 22.6. The predicted molar refractivity (Wildman–Crippen MR) is 115 cm³/mol. The van der Waals surface area contributed by atoms with Gasteiger partial charge in [0.15, 0.2) is 0 Å². The third-order valence-electron chi connectivity index (χ3n) is 4.50. The van der Waals surface area contributed by atoms with Crippen LogP contribution in [0.25, 0.3) is 10.9 Å². The van der Waals surface area contributed by atoms with Crippen molar-refractivity contribution in [1.82, 2.24) is 15.3 Å². The minimum atomic E-state index is -3.72. The molecule has 0 aliphatic heterocycles. The Morgan fingerprint density at radius 2 is 2.00 bits per heavy atom. The molecule has 0 radical (unpaired) electrons. The van der Waals surface area contributed by atoms with Crippen LogP contribution in [0.2, 0.25) is 0 Å². The summed E-state index contributed by atoms with van der Waals surface area (Å²) >= 11 is 0.778. The molecule has 0 saturated heterocycles. The second kappa shape index (κ2) is 8.60. The molecule has 0 spiro atoms. The minimum absolute atomic E-state index is 0.00190. The summed E-state index contributed by atoms with van der Waals surface area (Å²) < 4.78 is 38.1. The van der Waals surface area contributed by atoms with Gasteiger partial charge < -0.3 is 0 Å². The standard InChI is InChI=1S/C19H18AsFN4O5S/c1-25(31(2,29)30)18-12-4-3-7-22-14(12)16(26)15(24-18)19(28)23-9-10-5-6-11(21)8-13(10)17(20)27/h3-8,26H,9,20H2,1-2H3,(H,23,28). The molecule has 1 amide bonds. The van der Waals surface area contributed by atoms with Crippen LogP contribution in [0.15, 0.2) is 36.5 Å². The molecule has 12 heteroatoms. The molecule has 0 aliphatic rings. The zero-order chi connectivity index (χ0) is 22.9. The van der Waals surface area contributed by atoms with Crippen LogP contribution in [0.3, 0.4) is 0 Å². The molecule has 2 N–H and O–H groups in total. The Bertz CT molecular complexity index is 1320. The average molecular weight is 508 g/mol. The number of nitrogens with one attached hydrogen (secondary N) is 1. The van der Waals surface area contributed by atoms with E-state index in [1.165, 1.54) is 25.4 Å². The number of carbonyl (C=O) groups is 2. The Kier molecular flexibility index (Phi) is 6.28. The molecule has 31 heavy (non-hydrogen) atoms. The van der Waals surface area contributed by atoms with E-state index in [1.807, 2.05) is 0 Å². The van der Waals surface area contributed by atoms with E-state index in [1.54, 1.807) is 6.07 Å². The summed E-state index contributed by atoms with van der Waals surface area (Å²) in [4.78, 5) is 32.7. The summed E-state index contributed by atoms with van der Waals surface area (Å²) in [5.74, 6) is -2.00. The first-order chi connectivity index (χ1) is 14.5. The van der Waals surface area contributed by atoms with Crippen LogP contribution in [0.5, 0.6) is 5.75 Å². The number of aromatic nitrogens is 2. The van der Waals surface area contributed by atoms with Gasteiger partial charge in [0.2, 0.25) is 0 Å². The maximum absolute atomic E-state index is 13.5. The van der Waals surface area contributed by atoms with Gasteiger partial charge in [0.05, 0.1) is 0 Å². The van der Waals surface area contributed by atoms with Gasteiger partial charge in [0.1, 0.15) is 0 Å². The molecule has 0 bridgehead atoms. The molecule has 162 valence electrons. The van der Waals surface area contributed by atoms with Crippen LogP contribution in [0.4, 0.5) is 10.2 Å². The molecular weight excluding hydrogens is 490 g/mol. The Balaban J connectivity index is 2.02. The average Bonchev–Trinajstić information content (AvgIpc) is 2.71. The van der Waals surface area contributed by atoms with Gasteiger partial charge in [-0.05, 0) is 0 Å². The topological polar surface area (TPSA) is 130 Å². The summed E-state index contributed by atoms with van der Waals surface area (Å²) in [6.45, 7) is -0.136. The fourth-order valence-electron chi connectivity index (χ4n) is 2.85. The van der Waals surface area contributed by atoms with E-state index in [0.29, 0.717) is 5.56 Å². The normalized spacial score (nSPS) is 11.4. The van der Waals surface area contributed by atoms with Crippen molar-refractivity contribution in [2.75, 3.05) is 17.6 Å². The Hall–Kier alpha value is -3.04. The molecule has 0 aliphatic carbocycles. The number of benzene rings is 1. The predicted octanol–water partition coefficient (Wildman–Crippen LogP) is 0.574. The van der Waals surface area contributed by atoms with Crippen LogP contribution in [-0.2, 0) is 16.6 Å². The van der Waals surface area contributed by atoms with Gasteiger partial charge in [-0.2, -0.15) is 0 Å². The van der Waals surface area contributed by atoms with Gasteiger partial charge in [-0.15, -0.1) is 0 Å². The van der Waals surface area contributed by atoms with Crippen LogP contribution < -0.4 is 9.62 Å². The van der Waals surface area contributed by atoms with E-state index in [4.69, 9.17) is 0 Å². The van der Waals surface area contributed by atoms with Crippen LogP contribution >= 0.6 is 0 Å². The van der Waals surface area contributed by atoms with Crippen LogP contribution in [-0.4, -0.2) is 64.1 Å². The summed E-state index contributed by atoms with van der Waals surface area (Å²) in [6, 6.07) is 6.69. The molecule has 2 aromatic heterocycles. The van der Waals surface area contributed by atoms with E-state index in [2.05, 4.69) is 15.3 Å². The number of rotatable bonds is 6. The second-order valence-electron chi connectivity index (χ2n) is 6.61. The Morgan fingerprint density at radius 1 is 1.29 bits per heavy atom. The van der Waals surface area contributed by atoms with Gasteiger partial charge >= 0.3 is 186 Å². The van der Waals surface area contributed by atoms with Crippen molar-refractivity contribution in [3.05, 3.63) is 59.2 Å². The molecule has 1 atom stereocenters. The molecule has 3 aromatic rings. The fraction of sp³-hybridized carbons (Fsp3) is 0.158. The molecule has 9 nitrogen and oxygen atoms in total. The first-order valence-electron chi connectivity index (χ1n) is 8.78. The number of hydrogen-bond acceptors (Lipinski definition) is 7. The number of halogens is 1. The van der Waals surface area contributed by atoms with Crippen molar-refractivity contribution in [2.24, 2.45) is 0 Å². The number of anilines is 1. The maximum atomic E-state index is 13.5. The quantitative estimate of drug-likeness (QED) is 0.466. The number of amides is 1. The van der Waals surface area contributed by atoms with Gasteiger partial charge in [-0.3, -0.25) is 0 Å². The third kappa shape index (κ3) is 4.67. The first-order valence-corrected chi connectivity index (χ1v) is 11.8. The zero-order valence-corrected chi connectivity index (χ0v) is 19.7. The number of nitrogens with zero attached hydrogens (tertiary/aromatic N) is 3. The molecule has 0 saturated carbocycles. The van der Waals surface area contributed by atoms with Crippen LogP contribution in [0, 0.1) is 5.82 Å². The van der Waals surface area contributed by atoms with Gasteiger partial charge in [0, 0.05) is 0 Å².